The summed E-state index contributed by atoms with van der Waals surface area (Å²) in [6.45, 7) is 1.93. The summed E-state index contributed by atoms with van der Waals surface area (Å²) in [6.07, 6.45) is 1.58. The fourth-order valence-electron chi connectivity index (χ4n) is 1.87. The summed E-state index contributed by atoms with van der Waals surface area (Å²) in [7, 11) is 1.65. The number of anilines is 2. The molecule has 0 radical (unpaired) electrons. The standard InChI is InChI=1S/C13H13N5O/c1-9-7-12(13-16-14-8-18(13)17-9)15-10-3-5-11(19-2)6-4-10/h3-8,15H,1-2H3. The summed E-state index contributed by atoms with van der Waals surface area (Å²) in [6, 6.07) is 9.63. The molecule has 0 fully saturated rings. The second-order valence-corrected chi connectivity index (χ2v) is 4.15. The van der Waals surface area contributed by atoms with E-state index in [1.807, 2.05) is 37.3 Å². The minimum Gasteiger partial charge on any atom is -0.497 e. The fourth-order valence-corrected chi connectivity index (χ4v) is 1.87. The first kappa shape index (κ1) is 11.5. The van der Waals surface area contributed by atoms with E-state index in [-0.39, 0.29) is 0 Å². The molecule has 6 heteroatoms. The highest BCUT2D eigenvalue weighted by Crippen LogP contribution is 2.22. The molecule has 1 N–H and O–H groups in total. The van der Waals surface area contributed by atoms with E-state index in [0.717, 1.165) is 22.8 Å². The van der Waals surface area contributed by atoms with Gasteiger partial charge in [0.25, 0.3) is 0 Å². The summed E-state index contributed by atoms with van der Waals surface area (Å²) in [5, 5.41) is 15.5. The topological polar surface area (TPSA) is 64.3 Å². The molecule has 0 aliphatic heterocycles. The van der Waals surface area contributed by atoms with Crippen LogP contribution in [0.25, 0.3) is 5.65 Å². The molecular formula is C13H13N5O. The van der Waals surface area contributed by atoms with Gasteiger partial charge in [0.05, 0.1) is 18.5 Å². The zero-order valence-electron chi connectivity index (χ0n) is 10.7. The number of aryl methyl sites for hydroxylation is 1. The maximum Gasteiger partial charge on any atom is 0.201 e. The van der Waals surface area contributed by atoms with Crippen molar-refractivity contribution in [1.82, 2.24) is 19.8 Å². The molecule has 0 saturated carbocycles. The van der Waals surface area contributed by atoms with Crippen molar-refractivity contribution in [1.29, 1.82) is 0 Å². The van der Waals surface area contributed by atoms with Gasteiger partial charge in [-0.15, -0.1) is 10.2 Å². The Morgan fingerprint density at radius 3 is 2.74 bits per heavy atom. The smallest absolute Gasteiger partial charge is 0.201 e. The number of ether oxygens (including phenoxy) is 1. The molecule has 0 atom stereocenters. The molecule has 3 rings (SSSR count). The predicted octanol–water partition coefficient (Wildman–Crippen LogP) is 2.18. The van der Waals surface area contributed by atoms with Gasteiger partial charge in [0, 0.05) is 5.69 Å². The maximum absolute atomic E-state index is 5.13. The third-order valence-corrected chi connectivity index (χ3v) is 2.76. The number of nitrogens with zero attached hydrogens (tertiary/aromatic N) is 4. The van der Waals surface area contributed by atoms with Crippen molar-refractivity contribution in [3.8, 4) is 5.75 Å². The van der Waals surface area contributed by atoms with Crippen LogP contribution >= 0.6 is 0 Å². The largest absolute Gasteiger partial charge is 0.497 e. The van der Waals surface area contributed by atoms with Gasteiger partial charge in [-0.3, -0.25) is 0 Å². The van der Waals surface area contributed by atoms with Gasteiger partial charge < -0.3 is 10.1 Å². The molecule has 19 heavy (non-hydrogen) atoms. The van der Waals surface area contributed by atoms with E-state index in [0.29, 0.717) is 5.65 Å². The summed E-state index contributed by atoms with van der Waals surface area (Å²) in [5.74, 6) is 0.823. The molecule has 1 aromatic carbocycles. The van der Waals surface area contributed by atoms with Gasteiger partial charge >= 0.3 is 0 Å². The molecule has 0 unspecified atom stereocenters. The van der Waals surface area contributed by atoms with Crippen molar-refractivity contribution in [2.24, 2.45) is 0 Å². The molecule has 0 bridgehead atoms. The monoisotopic (exact) mass is 255 g/mol. The van der Waals surface area contributed by atoms with Crippen LogP contribution in [-0.4, -0.2) is 26.9 Å². The second-order valence-electron chi connectivity index (χ2n) is 4.15. The zero-order valence-corrected chi connectivity index (χ0v) is 10.7. The highest BCUT2D eigenvalue weighted by atomic mass is 16.5. The molecule has 0 amide bonds. The molecule has 0 aliphatic carbocycles. The highest BCUT2D eigenvalue weighted by molar-refractivity contribution is 5.73. The van der Waals surface area contributed by atoms with Gasteiger partial charge in [-0.2, -0.15) is 9.61 Å². The van der Waals surface area contributed by atoms with Crippen LogP contribution in [0.4, 0.5) is 11.4 Å². The Labute approximate surface area is 110 Å². The Bertz CT molecular complexity index is 705. The van der Waals surface area contributed by atoms with Gasteiger partial charge in [0.1, 0.15) is 12.1 Å². The van der Waals surface area contributed by atoms with E-state index in [1.165, 1.54) is 0 Å². The molecule has 6 nitrogen and oxygen atoms in total. The lowest BCUT2D eigenvalue weighted by atomic mass is 10.3. The zero-order chi connectivity index (χ0) is 13.2. The maximum atomic E-state index is 5.13. The first-order valence-electron chi connectivity index (χ1n) is 5.85. The Hall–Kier alpha value is -2.63. The molecule has 3 aromatic rings. The SMILES string of the molecule is COc1ccc(Nc2cc(C)nn3cnnc23)cc1. The van der Waals surface area contributed by atoms with Gasteiger partial charge in [-0.1, -0.05) is 0 Å². The summed E-state index contributed by atoms with van der Waals surface area (Å²) >= 11 is 0. The van der Waals surface area contributed by atoms with Crippen LogP contribution in [0, 0.1) is 6.92 Å². The summed E-state index contributed by atoms with van der Waals surface area (Å²) in [4.78, 5) is 0. The van der Waals surface area contributed by atoms with Gasteiger partial charge in [0.15, 0.2) is 0 Å². The van der Waals surface area contributed by atoms with Crippen LogP contribution in [0.2, 0.25) is 0 Å². The highest BCUT2D eigenvalue weighted by Gasteiger charge is 2.06. The van der Waals surface area contributed by atoms with Crippen molar-refractivity contribution < 1.29 is 4.74 Å². The molecule has 2 heterocycles. The van der Waals surface area contributed by atoms with Crippen molar-refractivity contribution in [3.63, 3.8) is 0 Å². The van der Waals surface area contributed by atoms with E-state index in [4.69, 9.17) is 4.74 Å². The molecule has 96 valence electrons. The quantitative estimate of drug-likeness (QED) is 0.777. The Morgan fingerprint density at radius 1 is 1.21 bits per heavy atom. The number of methoxy groups -OCH3 is 1. The van der Waals surface area contributed by atoms with Gasteiger partial charge in [-0.25, -0.2) is 0 Å². The van der Waals surface area contributed by atoms with Crippen LogP contribution in [-0.2, 0) is 0 Å². The van der Waals surface area contributed by atoms with Crippen molar-refractivity contribution in [2.75, 3.05) is 12.4 Å². The lowest BCUT2D eigenvalue weighted by Gasteiger charge is -2.08. The number of benzene rings is 1. The number of rotatable bonds is 3. The fraction of sp³-hybridized carbons (Fsp3) is 0.154. The number of fused-ring (bicyclic) bond motifs is 1. The van der Waals surface area contributed by atoms with Crippen molar-refractivity contribution in [3.05, 3.63) is 42.4 Å². The number of hydrogen-bond donors (Lipinski definition) is 1. The lowest BCUT2D eigenvalue weighted by Crippen LogP contribution is -1.99. The number of hydrogen-bond acceptors (Lipinski definition) is 5. The normalized spacial score (nSPS) is 10.6. The van der Waals surface area contributed by atoms with Crippen LogP contribution in [0.1, 0.15) is 5.69 Å². The Balaban J connectivity index is 1.97. The third kappa shape index (κ3) is 2.20. The Morgan fingerprint density at radius 2 is 2.00 bits per heavy atom. The number of aromatic nitrogens is 4. The minimum atomic E-state index is 0.696. The summed E-state index contributed by atoms with van der Waals surface area (Å²) < 4.78 is 6.79. The van der Waals surface area contributed by atoms with E-state index in [9.17, 15) is 0 Å². The van der Waals surface area contributed by atoms with E-state index in [1.54, 1.807) is 18.0 Å². The van der Waals surface area contributed by atoms with E-state index >= 15 is 0 Å². The van der Waals surface area contributed by atoms with Crippen molar-refractivity contribution in [2.45, 2.75) is 6.92 Å². The van der Waals surface area contributed by atoms with Gasteiger partial charge in [0.2, 0.25) is 5.65 Å². The first-order valence-corrected chi connectivity index (χ1v) is 5.85. The Kier molecular flexibility index (Phi) is 2.75. The molecule has 0 spiro atoms. The summed E-state index contributed by atoms with van der Waals surface area (Å²) in [5.41, 5.74) is 3.41. The van der Waals surface area contributed by atoms with E-state index < -0.39 is 0 Å². The third-order valence-electron chi connectivity index (χ3n) is 2.76. The van der Waals surface area contributed by atoms with Crippen LogP contribution in [0.15, 0.2) is 36.7 Å². The lowest BCUT2D eigenvalue weighted by molar-refractivity contribution is 0.415. The van der Waals surface area contributed by atoms with Crippen LogP contribution in [0.5, 0.6) is 5.75 Å². The van der Waals surface area contributed by atoms with Gasteiger partial charge in [-0.05, 0) is 37.3 Å². The molecule has 2 aromatic heterocycles. The average Bonchev–Trinajstić information content (AvgIpc) is 2.88. The average molecular weight is 255 g/mol. The van der Waals surface area contributed by atoms with Crippen LogP contribution in [0.3, 0.4) is 0 Å². The van der Waals surface area contributed by atoms with E-state index in [2.05, 4.69) is 20.6 Å². The first-order chi connectivity index (χ1) is 9.26. The molecule has 0 aliphatic rings. The van der Waals surface area contributed by atoms with Crippen molar-refractivity contribution >= 4 is 17.0 Å². The minimum absolute atomic E-state index is 0.696. The molecular weight excluding hydrogens is 242 g/mol. The molecule has 0 saturated heterocycles. The number of nitrogens with one attached hydrogen (secondary N) is 1. The van der Waals surface area contributed by atoms with Crippen LogP contribution < -0.4 is 10.1 Å². The second kappa shape index (κ2) is 4.56. The predicted molar refractivity (Wildman–Crippen MR) is 71.8 cm³/mol.